The van der Waals surface area contributed by atoms with Crippen LogP contribution >= 0.6 is 11.3 Å². The Kier molecular flexibility index (Phi) is 5.89. The summed E-state index contributed by atoms with van der Waals surface area (Å²) in [4.78, 5) is 21.5. The number of hydrogen-bond donors (Lipinski definition) is 1. The molecule has 6 atom stereocenters. The molecule has 1 aromatic heterocycles. The second kappa shape index (κ2) is 8.54. The van der Waals surface area contributed by atoms with E-state index in [0.717, 1.165) is 35.5 Å². The van der Waals surface area contributed by atoms with E-state index in [1.54, 1.807) is 0 Å². The van der Waals surface area contributed by atoms with E-state index in [-0.39, 0.29) is 35.0 Å². The number of aliphatic hydroxyl groups excluding tert-OH is 1. The van der Waals surface area contributed by atoms with E-state index in [1.807, 2.05) is 29.2 Å². The van der Waals surface area contributed by atoms with Crippen molar-refractivity contribution in [2.45, 2.75) is 52.1 Å². The lowest BCUT2D eigenvalue weighted by Gasteiger charge is -2.53. The van der Waals surface area contributed by atoms with Gasteiger partial charge in [-0.15, -0.1) is 11.3 Å². The Morgan fingerprint density at radius 3 is 2.72 bits per heavy atom. The second-order valence-electron chi connectivity index (χ2n) is 10.3. The van der Waals surface area contributed by atoms with E-state index in [2.05, 4.69) is 38.1 Å². The molecule has 2 heterocycles. The highest BCUT2D eigenvalue weighted by molar-refractivity contribution is 7.15. The highest BCUT2D eigenvalue weighted by Gasteiger charge is 2.54. The summed E-state index contributed by atoms with van der Waals surface area (Å²) in [6.45, 7) is 9.13. The molecule has 0 spiro atoms. The summed E-state index contributed by atoms with van der Waals surface area (Å²) in [7, 11) is 0. The van der Waals surface area contributed by atoms with Gasteiger partial charge in [0, 0.05) is 35.4 Å². The van der Waals surface area contributed by atoms with Gasteiger partial charge in [-0.3, -0.25) is 4.79 Å². The van der Waals surface area contributed by atoms with Gasteiger partial charge in [0.2, 0.25) is 5.91 Å². The van der Waals surface area contributed by atoms with Gasteiger partial charge in [-0.25, -0.2) is 4.98 Å². The number of aliphatic hydroxyl groups is 1. The lowest BCUT2D eigenvalue weighted by Crippen LogP contribution is -2.54. The fourth-order valence-corrected chi connectivity index (χ4v) is 7.87. The van der Waals surface area contributed by atoms with Gasteiger partial charge >= 0.3 is 0 Å². The molecule has 1 amide bonds. The van der Waals surface area contributed by atoms with Crippen LogP contribution in [0, 0.1) is 23.2 Å². The van der Waals surface area contributed by atoms with Crippen molar-refractivity contribution >= 4 is 17.2 Å². The molecule has 0 bridgehead atoms. The number of hydrogen-bond acceptors (Lipinski definition) is 5. The Labute approximate surface area is 194 Å². The average molecular weight is 455 g/mol. The number of thiazole rings is 1. The number of amides is 1. The standard InChI is InChI=1S/C26H34N2O3S/c1-16(25(30)28-11-13-31-14-12-28)19-9-10-26(3)15-20-22(17(2)21(26)23(19)29)27-24(32-20)18-7-5-4-6-8-18/h4-8,16-17,19,21,23,29H,9-15H2,1-3H3/t16-,17-,19+,21+,23-,26-/m0/s1. The van der Waals surface area contributed by atoms with Crippen molar-refractivity contribution in [2.75, 3.05) is 26.3 Å². The zero-order valence-corrected chi connectivity index (χ0v) is 20.1. The molecule has 1 aliphatic heterocycles. The van der Waals surface area contributed by atoms with Crippen molar-refractivity contribution in [1.82, 2.24) is 9.88 Å². The van der Waals surface area contributed by atoms with Gasteiger partial charge in [-0.1, -0.05) is 51.1 Å². The van der Waals surface area contributed by atoms with Gasteiger partial charge in [0.15, 0.2) is 0 Å². The van der Waals surface area contributed by atoms with Crippen molar-refractivity contribution in [3.05, 3.63) is 40.9 Å². The first kappa shape index (κ1) is 22.1. The largest absolute Gasteiger partial charge is 0.392 e. The fraction of sp³-hybridized carbons (Fsp3) is 0.615. The summed E-state index contributed by atoms with van der Waals surface area (Å²) in [6, 6.07) is 10.4. The maximum absolute atomic E-state index is 13.2. The van der Waals surface area contributed by atoms with Crippen molar-refractivity contribution in [1.29, 1.82) is 0 Å². The monoisotopic (exact) mass is 454 g/mol. The molecule has 3 aliphatic rings. The minimum Gasteiger partial charge on any atom is -0.392 e. The number of rotatable bonds is 3. The zero-order chi connectivity index (χ0) is 22.5. The third kappa shape index (κ3) is 3.70. The van der Waals surface area contributed by atoms with Crippen molar-refractivity contribution in [3.63, 3.8) is 0 Å². The first-order valence-corrected chi connectivity index (χ1v) is 12.8. The summed E-state index contributed by atoms with van der Waals surface area (Å²) >= 11 is 1.81. The van der Waals surface area contributed by atoms with Crippen LogP contribution in [0.2, 0.25) is 0 Å². The van der Waals surface area contributed by atoms with Gasteiger partial charge in [-0.05, 0) is 36.5 Å². The molecule has 1 saturated carbocycles. The summed E-state index contributed by atoms with van der Waals surface area (Å²) in [6.07, 6.45) is 2.43. The molecule has 2 aromatic rings. The SMILES string of the molecule is C[C@H](C(=O)N1CCOCC1)[C@H]1CC[C@@]2(C)Cc3sc(-c4ccccc4)nc3[C@@H](C)[C@@H]2[C@H]1O. The molecule has 1 N–H and O–H groups in total. The third-order valence-electron chi connectivity index (χ3n) is 8.30. The predicted octanol–water partition coefficient (Wildman–Crippen LogP) is 4.36. The molecular formula is C26H34N2O3S. The summed E-state index contributed by atoms with van der Waals surface area (Å²) in [5.74, 6) is 0.307. The van der Waals surface area contributed by atoms with E-state index in [0.29, 0.717) is 26.3 Å². The predicted molar refractivity (Wildman–Crippen MR) is 127 cm³/mol. The van der Waals surface area contributed by atoms with Gasteiger partial charge < -0.3 is 14.7 Å². The van der Waals surface area contributed by atoms with Crippen LogP contribution in [0.1, 0.15) is 50.1 Å². The summed E-state index contributed by atoms with van der Waals surface area (Å²) in [5.41, 5.74) is 2.36. The first-order valence-electron chi connectivity index (χ1n) is 12.0. The third-order valence-corrected chi connectivity index (χ3v) is 9.42. The first-order chi connectivity index (χ1) is 15.4. The number of benzene rings is 1. The zero-order valence-electron chi connectivity index (χ0n) is 19.3. The minimum absolute atomic E-state index is 0.000325. The van der Waals surface area contributed by atoms with Crippen LogP contribution in [0.15, 0.2) is 30.3 Å². The molecule has 172 valence electrons. The van der Waals surface area contributed by atoms with Gasteiger partial charge in [0.25, 0.3) is 0 Å². The Morgan fingerprint density at radius 2 is 2.00 bits per heavy atom. The maximum Gasteiger partial charge on any atom is 0.225 e. The Bertz CT molecular complexity index is 971. The molecule has 5 rings (SSSR count). The lowest BCUT2D eigenvalue weighted by molar-refractivity contribution is -0.148. The van der Waals surface area contributed by atoms with E-state index in [1.165, 1.54) is 4.88 Å². The molecule has 0 radical (unpaired) electrons. The van der Waals surface area contributed by atoms with Crippen LogP contribution in [0.5, 0.6) is 0 Å². The molecule has 2 aliphatic carbocycles. The van der Waals surface area contributed by atoms with Crippen LogP contribution in [-0.2, 0) is 16.0 Å². The minimum atomic E-state index is -0.487. The second-order valence-corrected chi connectivity index (χ2v) is 11.3. The number of carbonyl (C=O) groups excluding carboxylic acids is 1. The number of fused-ring (bicyclic) bond motifs is 2. The van der Waals surface area contributed by atoms with Gasteiger partial charge in [0.1, 0.15) is 5.01 Å². The normalized spacial score (nSPS) is 33.3. The van der Waals surface area contributed by atoms with Crippen molar-refractivity contribution in [2.24, 2.45) is 23.2 Å². The van der Waals surface area contributed by atoms with Crippen LogP contribution in [-0.4, -0.2) is 53.3 Å². The van der Waals surface area contributed by atoms with Gasteiger partial charge in [0.05, 0.1) is 25.0 Å². The molecule has 5 nitrogen and oxygen atoms in total. The molecule has 2 fully saturated rings. The van der Waals surface area contributed by atoms with Crippen LogP contribution in [0.4, 0.5) is 0 Å². The highest BCUT2D eigenvalue weighted by atomic mass is 32.1. The Hall–Kier alpha value is -1.76. The van der Waals surface area contributed by atoms with E-state index in [4.69, 9.17) is 9.72 Å². The molecule has 1 saturated heterocycles. The van der Waals surface area contributed by atoms with E-state index < -0.39 is 6.10 Å². The summed E-state index contributed by atoms with van der Waals surface area (Å²) in [5, 5.41) is 12.7. The van der Waals surface area contributed by atoms with E-state index >= 15 is 0 Å². The molecule has 0 unspecified atom stereocenters. The average Bonchev–Trinajstić information content (AvgIpc) is 3.23. The molecule has 6 heteroatoms. The number of carbonyl (C=O) groups is 1. The quantitative estimate of drug-likeness (QED) is 0.749. The maximum atomic E-state index is 13.2. The number of aromatic nitrogens is 1. The topological polar surface area (TPSA) is 62.7 Å². The molecule has 32 heavy (non-hydrogen) atoms. The van der Waals surface area contributed by atoms with Crippen molar-refractivity contribution in [3.8, 4) is 10.6 Å². The number of nitrogens with zero attached hydrogens (tertiary/aromatic N) is 2. The Morgan fingerprint density at radius 1 is 1.28 bits per heavy atom. The Balaban J connectivity index is 1.40. The highest BCUT2D eigenvalue weighted by Crippen LogP contribution is 2.57. The van der Waals surface area contributed by atoms with Crippen LogP contribution in [0.25, 0.3) is 10.6 Å². The van der Waals surface area contributed by atoms with Gasteiger partial charge in [-0.2, -0.15) is 0 Å². The number of morpholine rings is 1. The number of ether oxygens (including phenoxy) is 1. The van der Waals surface area contributed by atoms with E-state index in [9.17, 15) is 9.90 Å². The summed E-state index contributed by atoms with van der Waals surface area (Å²) < 4.78 is 5.41. The van der Waals surface area contributed by atoms with Crippen molar-refractivity contribution < 1.29 is 14.6 Å². The van der Waals surface area contributed by atoms with Crippen LogP contribution < -0.4 is 0 Å². The van der Waals surface area contributed by atoms with Crippen LogP contribution in [0.3, 0.4) is 0 Å². The lowest BCUT2D eigenvalue weighted by atomic mass is 9.53. The molecule has 1 aromatic carbocycles. The fourth-order valence-electron chi connectivity index (χ4n) is 6.51. The smallest absolute Gasteiger partial charge is 0.225 e. The molecular weight excluding hydrogens is 420 g/mol.